The van der Waals surface area contributed by atoms with Crippen LogP contribution in [-0.4, -0.2) is 37.9 Å². The number of rotatable bonds is 6. The van der Waals surface area contributed by atoms with Gasteiger partial charge in [0.1, 0.15) is 11.4 Å². The van der Waals surface area contributed by atoms with Crippen LogP contribution in [0.2, 0.25) is 0 Å². The topological polar surface area (TPSA) is 85.6 Å². The summed E-state index contributed by atoms with van der Waals surface area (Å²) in [5, 5.41) is 5.95. The largest absolute Gasteiger partial charge is 0.497 e. The molecule has 0 heterocycles. The van der Waals surface area contributed by atoms with Crippen molar-refractivity contribution < 1.29 is 14.3 Å². The summed E-state index contributed by atoms with van der Waals surface area (Å²) in [5.74, 6) is 0.789. The number of carbonyl (C=O) groups is 1. The molecule has 0 fully saturated rings. The van der Waals surface area contributed by atoms with Gasteiger partial charge in [-0.3, -0.25) is 0 Å². The van der Waals surface area contributed by atoms with Crippen LogP contribution in [0.3, 0.4) is 0 Å². The fourth-order valence-corrected chi connectivity index (χ4v) is 1.64. The van der Waals surface area contributed by atoms with Gasteiger partial charge in [-0.2, -0.15) is 0 Å². The van der Waals surface area contributed by atoms with Gasteiger partial charge in [-0.15, -0.1) is 0 Å². The van der Waals surface area contributed by atoms with Crippen LogP contribution < -0.4 is 21.1 Å². The molecule has 0 spiro atoms. The van der Waals surface area contributed by atoms with Gasteiger partial charge >= 0.3 is 6.09 Å². The molecule has 0 saturated heterocycles. The van der Waals surface area contributed by atoms with Gasteiger partial charge in [0.05, 0.1) is 13.2 Å². The number of benzene rings is 1. The minimum absolute atomic E-state index is 0.0779. The van der Waals surface area contributed by atoms with Gasteiger partial charge in [0.15, 0.2) is 0 Å². The summed E-state index contributed by atoms with van der Waals surface area (Å²) in [7, 11) is 1.62. The SMILES string of the molecule is COc1ccc(NC(CN)CNC(=O)OC(C)(C)C)cc1. The van der Waals surface area contributed by atoms with Crippen LogP contribution in [0.15, 0.2) is 24.3 Å². The van der Waals surface area contributed by atoms with E-state index in [1.165, 1.54) is 0 Å². The number of amides is 1. The Morgan fingerprint density at radius 1 is 1.29 bits per heavy atom. The third kappa shape index (κ3) is 6.85. The van der Waals surface area contributed by atoms with Crippen molar-refractivity contribution in [3.63, 3.8) is 0 Å². The Kier molecular flexibility index (Phi) is 6.30. The molecule has 4 N–H and O–H groups in total. The van der Waals surface area contributed by atoms with Crippen molar-refractivity contribution in [1.29, 1.82) is 0 Å². The van der Waals surface area contributed by atoms with Gasteiger partial charge in [-0.05, 0) is 45.0 Å². The smallest absolute Gasteiger partial charge is 0.407 e. The zero-order chi connectivity index (χ0) is 15.9. The molecule has 0 aromatic heterocycles. The summed E-state index contributed by atoms with van der Waals surface area (Å²) < 4.78 is 10.3. The van der Waals surface area contributed by atoms with Gasteiger partial charge in [0, 0.05) is 18.8 Å². The monoisotopic (exact) mass is 295 g/mol. The Morgan fingerprint density at radius 3 is 2.38 bits per heavy atom. The molecule has 1 rings (SSSR count). The summed E-state index contributed by atoms with van der Waals surface area (Å²) in [6.07, 6.45) is -0.447. The molecular formula is C15H25N3O3. The van der Waals surface area contributed by atoms with E-state index in [1.807, 2.05) is 45.0 Å². The van der Waals surface area contributed by atoms with E-state index >= 15 is 0 Å². The van der Waals surface area contributed by atoms with Crippen LogP contribution in [0.5, 0.6) is 5.75 Å². The van der Waals surface area contributed by atoms with E-state index < -0.39 is 11.7 Å². The van der Waals surface area contributed by atoms with Gasteiger partial charge in [0.25, 0.3) is 0 Å². The standard InChI is InChI=1S/C15H25N3O3/c1-15(2,3)21-14(19)17-10-12(9-16)18-11-5-7-13(20-4)8-6-11/h5-8,12,18H,9-10,16H2,1-4H3,(H,17,19). The minimum atomic E-state index is -0.508. The van der Waals surface area contributed by atoms with E-state index in [9.17, 15) is 4.79 Å². The third-order valence-electron chi connectivity index (χ3n) is 2.64. The number of methoxy groups -OCH3 is 1. The van der Waals surface area contributed by atoms with Crippen molar-refractivity contribution in [2.24, 2.45) is 5.73 Å². The van der Waals surface area contributed by atoms with Gasteiger partial charge in [0.2, 0.25) is 0 Å². The number of ether oxygens (including phenoxy) is 2. The molecule has 0 bridgehead atoms. The van der Waals surface area contributed by atoms with Crippen LogP contribution >= 0.6 is 0 Å². The molecule has 6 nitrogen and oxygen atoms in total. The minimum Gasteiger partial charge on any atom is -0.497 e. The summed E-state index contributed by atoms with van der Waals surface area (Å²) in [6, 6.07) is 7.43. The second kappa shape index (κ2) is 7.73. The average molecular weight is 295 g/mol. The molecule has 1 amide bonds. The van der Waals surface area contributed by atoms with Crippen molar-refractivity contribution in [3.8, 4) is 5.75 Å². The van der Waals surface area contributed by atoms with E-state index in [4.69, 9.17) is 15.2 Å². The first-order chi connectivity index (χ1) is 9.84. The Bertz CT molecular complexity index is 440. The number of anilines is 1. The molecule has 0 radical (unpaired) electrons. The van der Waals surface area contributed by atoms with Crippen molar-refractivity contribution in [2.75, 3.05) is 25.5 Å². The molecule has 118 valence electrons. The molecule has 6 heteroatoms. The highest BCUT2D eigenvalue weighted by Gasteiger charge is 2.17. The highest BCUT2D eigenvalue weighted by molar-refractivity contribution is 5.67. The van der Waals surface area contributed by atoms with E-state index in [0.717, 1.165) is 11.4 Å². The first-order valence-electron chi connectivity index (χ1n) is 6.91. The number of carbonyl (C=O) groups excluding carboxylic acids is 1. The van der Waals surface area contributed by atoms with Crippen molar-refractivity contribution >= 4 is 11.8 Å². The molecule has 0 aliphatic carbocycles. The molecule has 1 aromatic carbocycles. The van der Waals surface area contributed by atoms with Crippen molar-refractivity contribution in [3.05, 3.63) is 24.3 Å². The predicted molar refractivity (Wildman–Crippen MR) is 83.7 cm³/mol. The van der Waals surface area contributed by atoms with Crippen LogP contribution in [0.25, 0.3) is 0 Å². The molecular weight excluding hydrogens is 270 g/mol. The average Bonchev–Trinajstić information content (AvgIpc) is 2.42. The van der Waals surface area contributed by atoms with Crippen molar-refractivity contribution in [1.82, 2.24) is 5.32 Å². The van der Waals surface area contributed by atoms with Crippen LogP contribution in [-0.2, 0) is 4.74 Å². The summed E-state index contributed by atoms with van der Waals surface area (Å²) in [4.78, 5) is 11.6. The van der Waals surface area contributed by atoms with Gasteiger partial charge < -0.3 is 25.8 Å². The molecule has 1 unspecified atom stereocenters. The van der Waals surface area contributed by atoms with Crippen LogP contribution in [0.1, 0.15) is 20.8 Å². The number of alkyl carbamates (subject to hydrolysis) is 1. The third-order valence-corrected chi connectivity index (χ3v) is 2.64. The highest BCUT2D eigenvalue weighted by atomic mass is 16.6. The number of nitrogens with one attached hydrogen (secondary N) is 2. The van der Waals surface area contributed by atoms with Crippen LogP contribution in [0.4, 0.5) is 10.5 Å². The Labute approximate surface area is 126 Å². The summed E-state index contributed by atoms with van der Waals surface area (Å²) in [5.41, 5.74) is 6.12. The molecule has 1 atom stereocenters. The van der Waals surface area contributed by atoms with Gasteiger partial charge in [-0.25, -0.2) is 4.79 Å². The Balaban J connectivity index is 2.45. The second-order valence-corrected chi connectivity index (χ2v) is 5.69. The fourth-order valence-electron chi connectivity index (χ4n) is 1.64. The first kappa shape index (κ1) is 17.1. The summed E-state index contributed by atoms with van der Waals surface area (Å²) >= 11 is 0. The zero-order valence-electron chi connectivity index (χ0n) is 13.1. The molecule has 0 saturated carbocycles. The van der Waals surface area contributed by atoms with Crippen LogP contribution in [0, 0.1) is 0 Å². The second-order valence-electron chi connectivity index (χ2n) is 5.69. The maximum Gasteiger partial charge on any atom is 0.407 e. The van der Waals surface area contributed by atoms with E-state index in [2.05, 4.69) is 10.6 Å². The number of hydrogen-bond donors (Lipinski definition) is 3. The predicted octanol–water partition coefficient (Wildman–Crippen LogP) is 1.96. The van der Waals surface area contributed by atoms with Gasteiger partial charge in [-0.1, -0.05) is 0 Å². The fraction of sp³-hybridized carbons (Fsp3) is 0.533. The van der Waals surface area contributed by atoms with E-state index in [1.54, 1.807) is 7.11 Å². The molecule has 0 aliphatic heterocycles. The number of nitrogens with two attached hydrogens (primary N) is 1. The van der Waals surface area contributed by atoms with Crippen molar-refractivity contribution in [2.45, 2.75) is 32.4 Å². The first-order valence-corrected chi connectivity index (χ1v) is 6.91. The quantitative estimate of drug-likeness (QED) is 0.747. The Morgan fingerprint density at radius 2 is 1.90 bits per heavy atom. The number of hydrogen-bond acceptors (Lipinski definition) is 5. The lowest BCUT2D eigenvalue weighted by molar-refractivity contribution is 0.0526. The maximum atomic E-state index is 11.6. The maximum absolute atomic E-state index is 11.6. The van der Waals surface area contributed by atoms with E-state index in [-0.39, 0.29) is 6.04 Å². The highest BCUT2D eigenvalue weighted by Crippen LogP contribution is 2.15. The normalized spacial score (nSPS) is 12.4. The molecule has 21 heavy (non-hydrogen) atoms. The lowest BCUT2D eigenvalue weighted by Crippen LogP contribution is -2.42. The molecule has 0 aliphatic rings. The summed E-state index contributed by atoms with van der Waals surface area (Å²) in [6.45, 7) is 6.24. The zero-order valence-corrected chi connectivity index (χ0v) is 13.1. The lowest BCUT2D eigenvalue weighted by Gasteiger charge is -2.22. The van der Waals surface area contributed by atoms with E-state index in [0.29, 0.717) is 13.1 Å². The lowest BCUT2D eigenvalue weighted by atomic mass is 10.2. The molecule has 1 aromatic rings. The Hall–Kier alpha value is -1.95.